The highest BCUT2D eigenvalue weighted by Gasteiger charge is 2.19. The van der Waals surface area contributed by atoms with E-state index in [0.29, 0.717) is 22.9 Å². The van der Waals surface area contributed by atoms with Crippen molar-refractivity contribution in [1.29, 1.82) is 0 Å². The Kier molecular flexibility index (Phi) is 4.49. The predicted octanol–water partition coefficient (Wildman–Crippen LogP) is 4.34. The van der Waals surface area contributed by atoms with Crippen LogP contribution in [0.4, 0.5) is 0 Å². The lowest BCUT2D eigenvalue weighted by molar-refractivity contribution is 0.461. The Morgan fingerprint density at radius 2 is 1.65 bits per heavy atom. The van der Waals surface area contributed by atoms with Gasteiger partial charge in [-0.3, -0.25) is 4.98 Å². The second-order valence-electron chi connectivity index (χ2n) is 5.69. The van der Waals surface area contributed by atoms with Gasteiger partial charge in [-0.2, -0.15) is 0 Å². The molecule has 8 heteroatoms. The van der Waals surface area contributed by atoms with Crippen LogP contribution in [0.2, 0.25) is 0 Å². The molecule has 0 aliphatic rings. The number of pyridine rings is 1. The van der Waals surface area contributed by atoms with Crippen molar-refractivity contribution in [2.75, 3.05) is 0 Å². The summed E-state index contributed by atoms with van der Waals surface area (Å²) in [4.78, 5) is 4.05. The van der Waals surface area contributed by atoms with Crippen LogP contribution in [0.1, 0.15) is 23.6 Å². The van der Waals surface area contributed by atoms with Gasteiger partial charge in [0.2, 0.25) is 17.7 Å². The number of benzene rings is 1. The molecule has 0 saturated heterocycles. The average molecular weight is 365 g/mol. The summed E-state index contributed by atoms with van der Waals surface area (Å²) in [6, 6.07) is 11.6. The van der Waals surface area contributed by atoms with Gasteiger partial charge in [-0.05, 0) is 38.1 Å². The number of aromatic nitrogens is 5. The molecule has 4 aromatic rings. The molecule has 7 nitrogen and oxygen atoms in total. The van der Waals surface area contributed by atoms with Crippen LogP contribution in [0, 0.1) is 6.92 Å². The maximum Gasteiger partial charge on any atom is 0.277 e. The molecule has 26 heavy (non-hydrogen) atoms. The standard InChI is InChI=1S/C18H15N5O2S/c1-11-5-7-13(8-6-11)16-21-20-15(24-16)12(2)26-18-23-22-17(25-18)14-4-3-9-19-10-14/h3-10,12H,1-2H3. The van der Waals surface area contributed by atoms with Crippen molar-refractivity contribution in [3.8, 4) is 22.9 Å². The van der Waals surface area contributed by atoms with E-state index in [0.717, 1.165) is 11.1 Å². The van der Waals surface area contributed by atoms with E-state index >= 15 is 0 Å². The molecule has 0 saturated carbocycles. The van der Waals surface area contributed by atoms with Gasteiger partial charge in [0, 0.05) is 18.0 Å². The fourth-order valence-electron chi connectivity index (χ4n) is 2.28. The third-order valence-corrected chi connectivity index (χ3v) is 4.60. The van der Waals surface area contributed by atoms with Gasteiger partial charge < -0.3 is 8.83 Å². The second-order valence-corrected chi connectivity index (χ2v) is 6.98. The molecule has 0 fully saturated rings. The molecule has 1 aromatic carbocycles. The number of thioether (sulfide) groups is 1. The summed E-state index contributed by atoms with van der Waals surface area (Å²) in [5.74, 6) is 1.43. The van der Waals surface area contributed by atoms with E-state index in [2.05, 4.69) is 25.4 Å². The van der Waals surface area contributed by atoms with Gasteiger partial charge >= 0.3 is 0 Å². The van der Waals surface area contributed by atoms with E-state index in [-0.39, 0.29) is 5.25 Å². The van der Waals surface area contributed by atoms with Crippen LogP contribution in [0.5, 0.6) is 0 Å². The SMILES string of the molecule is Cc1ccc(-c2nnc(C(C)Sc3nnc(-c4cccnc4)o3)o2)cc1. The van der Waals surface area contributed by atoms with Crippen molar-refractivity contribution in [1.82, 2.24) is 25.4 Å². The van der Waals surface area contributed by atoms with Gasteiger partial charge in [-0.1, -0.05) is 29.5 Å². The van der Waals surface area contributed by atoms with Crippen LogP contribution in [0.3, 0.4) is 0 Å². The molecule has 0 bridgehead atoms. The lowest BCUT2D eigenvalue weighted by Gasteiger charge is -2.01. The molecule has 0 aliphatic carbocycles. The highest BCUT2D eigenvalue weighted by atomic mass is 32.2. The van der Waals surface area contributed by atoms with Gasteiger partial charge in [0.05, 0.1) is 10.8 Å². The molecule has 130 valence electrons. The van der Waals surface area contributed by atoms with E-state index in [4.69, 9.17) is 8.83 Å². The van der Waals surface area contributed by atoms with E-state index in [9.17, 15) is 0 Å². The van der Waals surface area contributed by atoms with Crippen LogP contribution >= 0.6 is 11.8 Å². The Bertz CT molecular complexity index is 998. The highest BCUT2D eigenvalue weighted by Crippen LogP contribution is 2.35. The van der Waals surface area contributed by atoms with Crippen molar-refractivity contribution in [2.45, 2.75) is 24.3 Å². The molecule has 0 aliphatic heterocycles. The van der Waals surface area contributed by atoms with Gasteiger partial charge in [0.15, 0.2) is 0 Å². The first-order valence-electron chi connectivity index (χ1n) is 8.00. The van der Waals surface area contributed by atoms with E-state index in [1.807, 2.05) is 50.2 Å². The lowest BCUT2D eigenvalue weighted by atomic mass is 10.1. The summed E-state index contributed by atoms with van der Waals surface area (Å²) in [7, 11) is 0. The van der Waals surface area contributed by atoms with Crippen LogP contribution < -0.4 is 0 Å². The Labute approximate surface area is 153 Å². The molecule has 4 rings (SSSR count). The van der Waals surface area contributed by atoms with Crippen molar-refractivity contribution in [2.24, 2.45) is 0 Å². The molecule has 0 amide bonds. The summed E-state index contributed by atoms with van der Waals surface area (Å²) >= 11 is 1.37. The number of nitrogens with zero attached hydrogens (tertiary/aromatic N) is 5. The van der Waals surface area contributed by atoms with Crippen LogP contribution in [0.25, 0.3) is 22.9 Å². The Morgan fingerprint density at radius 1 is 0.885 bits per heavy atom. The zero-order valence-corrected chi connectivity index (χ0v) is 15.0. The molecule has 3 aromatic heterocycles. The van der Waals surface area contributed by atoms with Crippen LogP contribution in [-0.4, -0.2) is 25.4 Å². The summed E-state index contributed by atoms with van der Waals surface area (Å²) in [5, 5.41) is 16.7. The van der Waals surface area contributed by atoms with Crippen molar-refractivity contribution in [3.63, 3.8) is 0 Å². The van der Waals surface area contributed by atoms with Crippen molar-refractivity contribution in [3.05, 3.63) is 60.2 Å². The molecular weight excluding hydrogens is 350 g/mol. The third-order valence-electron chi connectivity index (χ3n) is 3.68. The van der Waals surface area contributed by atoms with Crippen LogP contribution in [0.15, 0.2) is 62.8 Å². The van der Waals surface area contributed by atoms with Gasteiger partial charge in [0.25, 0.3) is 5.22 Å². The highest BCUT2D eigenvalue weighted by molar-refractivity contribution is 7.99. The maximum atomic E-state index is 5.79. The summed E-state index contributed by atoms with van der Waals surface area (Å²) in [6.45, 7) is 3.98. The molecule has 1 unspecified atom stereocenters. The van der Waals surface area contributed by atoms with E-state index in [1.165, 1.54) is 17.3 Å². The Balaban J connectivity index is 1.48. The number of hydrogen-bond acceptors (Lipinski definition) is 8. The first kappa shape index (κ1) is 16.5. The predicted molar refractivity (Wildman–Crippen MR) is 96.3 cm³/mol. The molecule has 0 N–H and O–H groups in total. The summed E-state index contributed by atoms with van der Waals surface area (Å²) < 4.78 is 11.5. The topological polar surface area (TPSA) is 90.7 Å². The molecular formula is C18H15N5O2S. The first-order valence-corrected chi connectivity index (χ1v) is 8.88. The average Bonchev–Trinajstić information content (AvgIpc) is 3.33. The zero-order valence-electron chi connectivity index (χ0n) is 14.2. The molecule has 1 atom stereocenters. The quantitative estimate of drug-likeness (QED) is 0.482. The fraction of sp³-hybridized carbons (Fsp3) is 0.167. The summed E-state index contributed by atoms with van der Waals surface area (Å²) in [5.41, 5.74) is 2.85. The van der Waals surface area contributed by atoms with Gasteiger partial charge in [-0.15, -0.1) is 20.4 Å². The third kappa shape index (κ3) is 3.50. The van der Waals surface area contributed by atoms with Gasteiger partial charge in [0.1, 0.15) is 0 Å². The number of rotatable bonds is 5. The minimum atomic E-state index is -0.121. The maximum absolute atomic E-state index is 5.79. The zero-order chi connectivity index (χ0) is 17.9. The van der Waals surface area contributed by atoms with Gasteiger partial charge in [-0.25, -0.2) is 0 Å². The fourth-order valence-corrected chi connectivity index (χ4v) is 2.99. The molecule has 0 spiro atoms. The first-order chi connectivity index (χ1) is 12.7. The minimum Gasteiger partial charge on any atom is -0.419 e. The minimum absolute atomic E-state index is 0.121. The van der Waals surface area contributed by atoms with E-state index in [1.54, 1.807) is 12.4 Å². The van der Waals surface area contributed by atoms with Crippen molar-refractivity contribution >= 4 is 11.8 Å². The Morgan fingerprint density at radius 3 is 2.42 bits per heavy atom. The Hall–Kier alpha value is -3.00. The summed E-state index contributed by atoms with van der Waals surface area (Å²) in [6.07, 6.45) is 3.37. The number of aryl methyl sites for hydroxylation is 1. The number of hydrogen-bond donors (Lipinski definition) is 0. The normalized spacial score (nSPS) is 12.2. The van der Waals surface area contributed by atoms with Crippen LogP contribution in [-0.2, 0) is 0 Å². The second kappa shape index (κ2) is 7.09. The lowest BCUT2D eigenvalue weighted by Crippen LogP contribution is -1.88. The largest absolute Gasteiger partial charge is 0.419 e. The monoisotopic (exact) mass is 365 g/mol. The van der Waals surface area contributed by atoms with E-state index < -0.39 is 0 Å². The molecule has 0 radical (unpaired) electrons. The smallest absolute Gasteiger partial charge is 0.277 e. The molecule has 3 heterocycles. The van der Waals surface area contributed by atoms with Crippen molar-refractivity contribution < 1.29 is 8.83 Å².